The molecule has 1 aliphatic heterocycles. The molecule has 0 radical (unpaired) electrons. The predicted octanol–water partition coefficient (Wildman–Crippen LogP) is 2.80. The fourth-order valence-corrected chi connectivity index (χ4v) is 3.02. The zero-order valence-corrected chi connectivity index (χ0v) is 14.4. The van der Waals surface area contributed by atoms with Crippen molar-refractivity contribution in [1.82, 2.24) is 20.1 Å². The van der Waals surface area contributed by atoms with Crippen molar-refractivity contribution < 1.29 is 9.94 Å². The van der Waals surface area contributed by atoms with Crippen molar-refractivity contribution in [2.24, 2.45) is 0 Å². The molecule has 130 valence electrons. The van der Waals surface area contributed by atoms with Gasteiger partial charge < -0.3 is 5.11 Å². The highest BCUT2D eigenvalue weighted by atomic mass is 16.7. The lowest BCUT2D eigenvalue weighted by Gasteiger charge is -2.13. The Morgan fingerprint density at radius 1 is 1.25 bits per heavy atom. The van der Waals surface area contributed by atoms with Crippen LogP contribution in [-0.4, -0.2) is 44.9 Å². The first kappa shape index (κ1) is 17.1. The largest absolute Gasteiger partial charge is 0.395 e. The van der Waals surface area contributed by atoms with Crippen molar-refractivity contribution in [2.75, 3.05) is 13.7 Å². The number of aromatic nitrogens is 3. The fraction of sp³-hybridized carbons (Fsp3) is 0.556. The van der Waals surface area contributed by atoms with E-state index in [1.54, 1.807) is 9.75 Å². The molecule has 0 aliphatic carbocycles. The molecule has 2 atom stereocenters. The second-order valence-corrected chi connectivity index (χ2v) is 6.42. The monoisotopic (exact) mass is 330 g/mol. The van der Waals surface area contributed by atoms with E-state index in [2.05, 4.69) is 41.5 Å². The SMILES string of the molecule is CCCCCc1ccc(-c2cn([C@H]3C[C@H](CO)N(C)O3)nn2)cc1. The molecule has 1 fully saturated rings. The van der Waals surface area contributed by atoms with Gasteiger partial charge in [0, 0.05) is 19.0 Å². The van der Waals surface area contributed by atoms with Crippen LogP contribution in [0.5, 0.6) is 0 Å². The standard InChI is InChI=1S/C18H26N4O2/c1-3-4-5-6-14-7-9-15(10-8-14)17-12-22(20-19-17)18-11-16(13-23)21(2)24-18/h7-10,12,16,18,23H,3-6,11,13H2,1-2H3/t16-,18-/m1/s1. The smallest absolute Gasteiger partial charge is 0.174 e. The molecule has 3 rings (SSSR count). The predicted molar refractivity (Wildman–Crippen MR) is 92.1 cm³/mol. The number of nitrogens with zero attached hydrogens (tertiary/aromatic N) is 4. The Hall–Kier alpha value is -1.76. The van der Waals surface area contributed by atoms with Crippen LogP contribution in [0, 0.1) is 0 Å². The molecule has 1 aliphatic rings. The third-order valence-electron chi connectivity index (χ3n) is 4.61. The highest BCUT2D eigenvalue weighted by Gasteiger charge is 2.32. The maximum absolute atomic E-state index is 9.32. The van der Waals surface area contributed by atoms with Crippen molar-refractivity contribution in [3.63, 3.8) is 0 Å². The van der Waals surface area contributed by atoms with Crippen LogP contribution in [0.3, 0.4) is 0 Å². The Bertz CT molecular complexity index is 641. The Labute approximate surface area is 143 Å². The van der Waals surface area contributed by atoms with Crippen LogP contribution in [0.4, 0.5) is 0 Å². The Kier molecular flexibility index (Phi) is 5.60. The molecule has 6 nitrogen and oxygen atoms in total. The summed E-state index contributed by atoms with van der Waals surface area (Å²) in [6, 6.07) is 8.56. The van der Waals surface area contributed by atoms with E-state index in [-0.39, 0.29) is 18.9 Å². The van der Waals surface area contributed by atoms with Crippen molar-refractivity contribution in [1.29, 1.82) is 0 Å². The van der Waals surface area contributed by atoms with E-state index in [1.807, 2.05) is 13.2 Å². The minimum Gasteiger partial charge on any atom is -0.395 e. The molecule has 1 saturated heterocycles. The summed E-state index contributed by atoms with van der Waals surface area (Å²) in [6.07, 6.45) is 7.30. The number of rotatable bonds is 7. The first-order valence-electron chi connectivity index (χ1n) is 8.73. The molecule has 0 spiro atoms. The van der Waals surface area contributed by atoms with Crippen LogP contribution in [0.1, 0.15) is 44.4 Å². The van der Waals surface area contributed by atoms with E-state index >= 15 is 0 Å². The van der Waals surface area contributed by atoms with Crippen molar-refractivity contribution in [3.05, 3.63) is 36.0 Å². The first-order valence-corrected chi connectivity index (χ1v) is 8.73. The fourth-order valence-electron chi connectivity index (χ4n) is 3.02. The highest BCUT2D eigenvalue weighted by Crippen LogP contribution is 2.28. The molecule has 1 aromatic carbocycles. The van der Waals surface area contributed by atoms with Crippen LogP contribution >= 0.6 is 0 Å². The number of hydroxylamine groups is 2. The molecule has 0 unspecified atom stereocenters. The highest BCUT2D eigenvalue weighted by molar-refractivity contribution is 5.58. The van der Waals surface area contributed by atoms with Gasteiger partial charge in [-0.1, -0.05) is 49.2 Å². The number of hydrogen-bond donors (Lipinski definition) is 1. The Morgan fingerprint density at radius 2 is 2.04 bits per heavy atom. The summed E-state index contributed by atoms with van der Waals surface area (Å²) in [4.78, 5) is 5.71. The van der Waals surface area contributed by atoms with Gasteiger partial charge in [-0.15, -0.1) is 5.10 Å². The summed E-state index contributed by atoms with van der Waals surface area (Å²) in [5.41, 5.74) is 3.27. The Balaban J connectivity index is 1.65. The summed E-state index contributed by atoms with van der Waals surface area (Å²) < 4.78 is 1.73. The van der Waals surface area contributed by atoms with E-state index in [0.29, 0.717) is 6.42 Å². The molecule has 0 bridgehead atoms. The molecule has 2 heterocycles. The van der Waals surface area contributed by atoms with Crippen LogP contribution in [0.25, 0.3) is 11.3 Å². The third kappa shape index (κ3) is 3.83. The molecule has 24 heavy (non-hydrogen) atoms. The van der Waals surface area contributed by atoms with Gasteiger partial charge in [-0.25, -0.2) is 4.68 Å². The zero-order chi connectivity index (χ0) is 16.9. The van der Waals surface area contributed by atoms with E-state index in [1.165, 1.54) is 24.8 Å². The van der Waals surface area contributed by atoms with Gasteiger partial charge in [0.1, 0.15) is 5.69 Å². The maximum atomic E-state index is 9.32. The van der Waals surface area contributed by atoms with Gasteiger partial charge in [0.2, 0.25) is 0 Å². The number of likely N-dealkylation sites (N-methyl/N-ethyl adjacent to an activating group) is 1. The summed E-state index contributed by atoms with van der Waals surface area (Å²) in [7, 11) is 1.83. The Morgan fingerprint density at radius 3 is 2.71 bits per heavy atom. The number of hydrogen-bond acceptors (Lipinski definition) is 5. The zero-order valence-electron chi connectivity index (χ0n) is 14.4. The van der Waals surface area contributed by atoms with Gasteiger partial charge in [0.25, 0.3) is 0 Å². The lowest BCUT2D eigenvalue weighted by atomic mass is 10.0. The minimum atomic E-state index is -0.207. The topological polar surface area (TPSA) is 63.4 Å². The summed E-state index contributed by atoms with van der Waals surface area (Å²) in [5, 5.41) is 19.5. The number of aryl methyl sites for hydroxylation is 1. The lowest BCUT2D eigenvalue weighted by Crippen LogP contribution is -2.26. The molecular weight excluding hydrogens is 304 g/mol. The lowest BCUT2D eigenvalue weighted by molar-refractivity contribution is -0.172. The van der Waals surface area contributed by atoms with Gasteiger partial charge in [0.15, 0.2) is 6.23 Å². The van der Waals surface area contributed by atoms with E-state index in [0.717, 1.165) is 17.7 Å². The van der Waals surface area contributed by atoms with E-state index < -0.39 is 0 Å². The average Bonchev–Trinajstić information content (AvgIpc) is 3.22. The maximum Gasteiger partial charge on any atom is 0.174 e. The van der Waals surface area contributed by atoms with Crippen LogP contribution in [0.15, 0.2) is 30.5 Å². The number of aliphatic hydroxyl groups excluding tert-OH is 1. The molecule has 6 heteroatoms. The van der Waals surface area contributed by atoms with Crippen LogP contribution < -0.4 is 0 Å². The molecule has 0 amide bonds. The van der Waals surface area contributed by atoms with E-state index in [9.17, 15) is 5.11 Å². The quantitative estimate of drug-likeness (QED) is 0.791. The normalized spacial score (nSPS) is 21.5. The van der Waals surface area contributed by atoms with Gasteiger partial charge in [0.05, 0.1) is 18.8 Å². The summed E-state index contributed by atoms with van der Waals surface area (Å²) in [5.74, 6) is 0. The molecular formula is C18H26N4O2. The molecule has 1 aromatic heterocycles. The second-order valence-electron chi connectivity index (χ2n) is 6.42. The van der Waals surface area contributed by atoms with Crippen molar-refractivity contribution in [3.8, 4) is 11.3 Å². The first-order chi connectivity index (χ1) is 11.7. The number of aliphatic hydroxyl groups is 1. The van der Waals surface area contributed by atoms with Crippen LogP contribution in [0.2, 0.25) is 0 Å². The van der Waals surface area contributed by atoms with Gasteiger partial charge in [-0.2, -0.15) is 5.06 Å². The molecule has 1 N–H and O–H groups in total. The summed E-state index contributed by atoms with van der Waals surface area (Å²) >= 11 is 0. The van der Waals surface area contributed by atoms with E-state index in [4.69, 9.17) is 4.84 Å². The molecule has 2 aromatic rings. The molecule has 0 saturated carbocycles. The van der Waals surface area contributed by atoms with Gasteiger partial charge >= 0.3 is 0 Å². The van der Waals surface area contributed by atoms with Gasteiger partial charge in [-0.3, -0.25) is 4.84 Å². The van der Waals surface area contributed by atoms with Crippen LogP contribution in [-0.2, 0) is 11.3 Å². The van der Waals surface area contributed by atoms with Gasteiger partial charge in [-0.05, 0) is 18.4 Å². The van der Waals surface area contributed by atoms with Crippen molar-refractivity contribution >= 4 is 0 Å². The second kappa shape index (κ2) is 7.88. The average molecular weight is 330 g/mol. The summed E-state index contributed by atoms with van der Waals surface area (Å²) in [6.45, 7) is 2.30. The van der Waals surface area contributed by atoms with Crippen molar-refractivity contribution in [2.45, 2.75) is 51.3 Å². The number of unbranched alkanes of at least 4 members (excludes halogenated alkanes) is 2. The number of benzene rings is 1. The minimum absolute atomic E-state index is 0.00468. The third-order valence-corrected chi connectivity index (χ3v) is 4.61.